The van der Waals surface area contributed by atoms with Crippen molar-refractivity contribution in [2.45, 2.75) is 44.9 Å². The van der Waals surface area contributed by atoms with E-state index >= 15 is 0 Å². The zero-order valence-corrected chi connectivity index (χ0v) is 17.8. The van der Waals surface area contributed by atoms with Crippen molar-refractivity contribution < 1.29 is 18.4 Å². The van der Waals surface area contributed by atoms with Crippen LogP contribution < -0.4 is 10.6 Å². The minimum Gasteiger partial charge on any atom is -0.354 e. The number of amides is 2. The highest BCUT2D eigenvalue weighted by Gasteiger charge is 2.42. The Bertz CT molecular complexity index is 1170. The number of fused-ring (bicyclic) bond motifs is 5. The fraction of sp³-hybridized carbons (Fsp3) is 0.280. The van der Waals surface area contributed by atoms with Gasteiger partial charge in [0.1, 0.15) is 11.6 Å². The molecule has 1 aromatic heterocycles. The molecule has 2 unspecified atom stereocenters. The van der Waals surface area contributed by atoms with Gasteiger partial charge in [0.25, 0.3) is 0 Å². The first-order valence-corrected chi connectivity index (χ1v) is 10.7. The van der Waals surface area contributed by atoms with Crippen LogP contribution in [0.4, 0.5) is 20.2 Å². The summed E-state index contributed by atoms with van der Waals surface area (Å²) in [4.78, 5) is 26.5. The van der Waals surface area contributed by atoms with Crippen molar-refractivity contribution in [3.63, 3.8) is 0 Å². The quantitative estimate of drug-likeness (QED) is 0.477. The predicted octanol–water partition coefficient (Wildman–Crippen LogP) is 5.91. The van der Waals surface area contributed by atoms with E-state index in [-0.39, 0.29) is 23.2 Å². The molecular weight excluding hydrogens is 412 g/mol. The molecule has 1 saturated carbocycles. The van der Waals surface area contributed by atoms with Gasteiger partial charge in [0.15, 0.2) is 0 Å². The lowest BCUT2D eigenvalue weighted by molar-refractivity contribution is -0.115. The largest absolute Gasteiger partial charge is 0.354 e. The van der Waals surface area contributed by atoms with Crippen molar-refractivity contribution in [1.29, 1.82) is 0 Å². The number of carbonyl (C=O) groups excluding carboxylic acids is 2. The molecule has 1 fully saturated rings. The molecule has 32 heavy (non-hydrogen) atoms. The van der Waals surface area contributed by atoms with Gasteiger partial charge in [0, 0.05) is 36.4 Å². The van der Waals surface area contributed by atoms with E-state index in [4.69, 9.17) is 0 Å². The van der Waals surface area contributed by atoms with Crippen LogP contribution in [0.25, 0.3) is 22.5 Å². The van der Waals surface area contributed by atoms with Crippen LogP contribution in [0.3, 0.4) is 0 Å². The molecule has 164 valence electrons. The Kier molecular flexibility index (Phi) is 4.84. The summed E-state index contributed by atoms with van der Waals surface area (Å²) in [6, 6.07) is 9.41. The van der Waals surface area contributed by atoms with E-state index < -0.39 is 11.6 Å². The number of aromatic amines is 1. The number of carbonyl (C=O) groups is 2. The van der Waals surface area contributed by atoms with Crippen LogP contribution in [0.2, 0.25) is 0 Å². The van der Waals surface area contributed by atoms with E-state index in [1.54, 1.807) is 24.3 Å². The van der Waals surface area contributed by atoms with Crippen molar-refractivity contribution >= 4 is 23.2 Å². The van der Waals surface area contributed by atoms with Crippen LogP contribution >= 0.6 is 0 Å². The second-order valence-corrected chi connectivity index (χ2v) is 8.66. The molecule has 0 spiro atoms. The fourth-order valence-corrected chi connectivity index (χ4v) is 5.27. The van der Waals surface area contributed by atoms with Crippen LogP contribution in [-0.4, -0.2) is 16.8 Å². The predicted molar refractivity (Wildman–Crippen MR) is 120 cm³/mol. The van der Waals surface area contributed by atoms with Gasteiger partial charge < -0.3 is 15.6 Å². The molecule has 2 atom stereocenters. The molecule has 2 bridgehead atoms. The maximum Gasteiger partial charge on any atom is 0.221 e. The minimum atomic E-state index is -0.493. The highest BCUT2D eigenvalue weighted by atomic mass is 19.1. The summed E-state index contributed by atoms with van der Waals surface area (Å²) < 4.78 is 28.5. The zero-order chi connectivity index (χ0) is 22.6. The minimum absolute atomic E-state index is 0.137. The summed E-state index contributed by atoms with van der Waals surface area (Å²) in [6.07, 6.45) is 3.27. The third-order valence-electron chi connectivity index (χ3n) is 6.46. The number of hydrogen-bond acceptors (Lipinski definition) is 2. The molecule has 5 rings (SSSR count). The highest BCUT2D eigenvalue weighted by Crippen LogP contribution is 2.58. The Hall–Kier alpha value is -3.48. The summed E-state index contributed by atoms with van der Waals surface area (Å²) in [7, 11) is 0. The lowest BCUT2D eigenvalue weighted by Gasteiger charge is -2.14. The summed E-state index contributed by atoms with van der Waals surface area (Å²) in [5.41, 5.74) is 6.10. The molecule has 2 aliphatic rings. The second kappa shape index (κ2) is 7.58. The number of benzene rings is 2. The number of rotatable bonds is 4. The Balaban J connectivity index is 1.66. The number of halogens is 2. The SMILES string of the molecule is CC(=O)Nc1cc(-c2[nH]c(-c3ccc(F)c(NC(C)=O)c3)c3c2C2CCC3C2)ccc1F. The monoisotopic (exact) mass is 435 g/mol. The van der Waals surface area contributed by atoms with Gasteiger partial charge >= 0.3 is 0 Å². The number of nitrogens with one attached hydrogen (secondary N) is 3. The molecule has 2 aliphatic carbocycles. The Morgan fingerprint density at radius 3 is 1.66 bits per heavy atom. The van der Waals surface area contributed by atoms with Crippen LogP contribution in [0.5, 0.6) is 0 Å². The Labute approximate surface area is 184 Å². The van der Waals surface area contributed by atoms with Gasteiger partial charge in [0.05, 0.1) is 11.4 Å². The maximum absolute atomic E-state index is 14.2. The molecule has 0 aliphatic heterocycles. The third kappa shape index (κ3) is 3.38. The molecule has 2 aromatic carbocycles. The lowest BCUT2D eigenvalue weighted by Crippen LogP contribution is -2.07. The highest BCUT2D eigenvalue weighted by molar-refractivity contribution is 5.91. The smallest absolute Gasteiger partial charge is 0.221 e. The van der Waals surface area contributed by atoms with Crippen LogP contribution in [0.15, 0.2) is 36.4 Å². The molecule has 7 heteroatoms. The van der Waals surface area contributed by atoms with Gasteiger partial charge in [-0.3, -0.25) is 9.59 Å². The molecular formula is C25H23F2N3O2. The zero-order valence-electron chi connectivity index (χ0n) is 17.8. The topological polar surface area (TPSA) is 74.0 Å². The van der Waals surface area contributed by atoms with Crippen molar-refractivity contribution in [3.8, 4) is 22.5 Å². The number of hydrogen-bond donors (Lipinski definition) is 3. The average molecular weight is 435 g/mol. The van der Waals surface area contributed by atoms with E-state index in [0.717, 1.165) is 41.8 Å². The first-order valence-electron chi connectivity index (χ1n) is 10.7. The van der Waals surface area contributed by atoms with Crippen molar-refractivity contribution in [1.82, 2.24) is 4.98 Å². The normalized spacial score (nSPS) is 18.5. The van der Waals surface area contributed by atoms with Crippen molar-refractivity contribution in [3.05, 3.63) is 59.2 Å². The molecule has 5 nitrogen and oxygen atoms in total. The third-order valence-corrected chi connectivity index (χ3v) is 6.46. The Morgan fingerprint density at radius 1 is 0.812 bits per heavy atom. The summed E-state index contributed by atoms with van der Waals surface area (Å²) in [5.74, 6) is -0.831. The molecule has 0 radical (unpaired) electrons. The van der Waals surface area contributed by atoms with E-state index in [1.807, 2.05) is 0 Å². The molecule has 3 N–H and O–H groups in total. The van der Waals surface area contributed by atoms with Gasteiger partial charge in [0.2, 0.25) is 11.8 Å². The molecule has 2 amide bonds. The second-order valence-electron chi connectivity index (χ2n) is 8.66. The first kappa shape index (κ1) is 20.4. The first-order chi connectivity index (χ1) is 15.3. The van der Waals surface area contributed by atoms with Gasteiger partial charge in [-0.15, -0.1) is 0 Å². The van der Waals surface area contributed by atoms with E-state index in [1.165, 1.54) is 37.1 Å². The van der Waals surface area contributed by atoms with Gasteiger partial charge in [-0.2, -0.15) is 0 Å². The summed E-state index contributed by atoms with van der Waals surface area (Å²) >= 11 is 0. The van der Waals surface area contributed by atoms with Crippen LogP contribution in [0, 0.1) is 11.6 Å². The lowest BCUT2D eigenvalue weighted by atomic mass is 9.89. The van der Waals surface area contributed by atoms with E-state index in [0.29, 0.717) is 11.8 Å². The van der Waals surface area contributed by atoms with Gasteiger partial charge in [-0.25, -0.2) is 8.78 Å². The molecule has 1 heterocycles. The number of anilines is 2. The number of H-pyrrole nitrogens is 1. The summed E-state index contributed by atoms with van der Waals surface area (Å²) in [6.45, 7) is 2.69. The Morgan fingerprint density at radius 2 is 1.25 bits per heavy atom. The fourth-order valence-electron chi connectivity index (χ4n) is 5.27. The van der Waals surface area contributed by atoms with Gasteiger partial charge in [-0.05, 0) is 78.6 Å². The maximum atomic E-state index is 14.2. The van der Waals surface area contributed by atoms with Crippen LogP contribution in [-0.2, 0) is 9.59 Å². The van der Waals surface area contributed by atoms with Crippen LogP contribution in [0.1, 0.15) is 56.1 Å². The van der Waals surface area contributed by atoms with Gasteiger partial charge in [-0.1, -0.05) is 0 Å². The summed E-state index contributed by atoms with van der Waals surface area (Å²) in [5, 5.41) is 5.09. The van der Waals surface area contributed by atoms with Crippen molar-refractivity contribution in [2.75, 3.05) is 10.6 Å². The van der Waals surface area contributed by atoms with E-state index in [2.05, 4.69) is 15.6 Å². The molecule has 0 saturated heterocycles. The standard InChI is InChI=1S/C25H23F2N3O2/c1-12(31)28-20-10-16(5-7-18(20)26)24-22-14-3-4-15(9-14)23(22)25(30-24)17-6-8-19(27)21(11-17)29-13(2)32/h5-8,10-11,14-15,30H,3-4,9H2,1-2H3,(H,28,31)(H,29,32). The van der Waals surface area contributed by atoms with Crippen molar-refractivity contribution in [2.24, 2.45) is 0 Å². The number of aromatic nitrogens is 1. The average Bonchev–Trinajstić information content (AvgIpc) is 3.43. The van der Waals surface area contributed by atoms with E-state index in [9.17, 15) is 18.4 Å². The molecule has 3 aromatic rings.